The molecule has 2 aliphatic heterocycles. The summed E-state index contributed by atoms with van der Waals surface area (Å²) in [5, 5.41) is 5.33. The van der Waals surface area contributed by atoms with Gasteiger partial charge in [-0.2, -0.15) is 0 Å². The van der Waals surface area contributed by atoms with Crippen LogP contribution in [0.15, 0.2) is 18.2 Å². The molecule has 0 radical (unpaired) electrons. The SMILES string of the molecule is C[C@@H](OC(=O)CN1C(=O)NC2(CCCC2)C1=O)C(=O)Nc1ccc2c(c1)OCCO2. The van der Waals surface area contributed by atoms with Crippen molar-refractivity contribution in [2.45, 2.75) is 44.2 Å². The molecular formula is C20H23N3O7. The highest BCUT2D eigenvalue weighted by Crippen LogP contribution is 2.35. The number of nitrogens with zero attached hydrogens (tertiary/aromatic N) is 1. The Balaban J connectivity index is 1.31. The van der Waals surface area contributed by atoms with Crippen LogP contribution >= 0.6 is 0 Å². The van der Waals surface area contributed by atoms with Crippen LogP contribution in [0.2, 0.25) is 0 Å². The number of rotatable bonds is 5. The van der Waals surface area contributed by atoms with Gasteiger partial charge in [0.2, 0.25) is 0 Å². The minimum Gasteiger partial charge on any atom is -0.486 e. The van der Waals surface area contributed by atoms with E-state index >= 15 is 0 Å². The number of imide groups is 1. The van der Waals surface area contributed by atoms with Gasteiger partial charge in [0.15, 0.2) is 17.6 Å². The van der Waals surface area contributed by atoms with Crippen LogP contribution in [0.25, 0.3) is 0 Å². The first kappa shape index (κ1) is 20.0. The summed E-state index contributed by atoms with van der Waals surface area (Å²) < 4.78 is 16.0. The standard InChI is InChI=1S/C20H23N3O7/c1-12(17(25)21-13-4-5-14-15(10-13)29-9-8-28-14)30-16(24)11-23-18(26)20(22-19(23)27)6-2-3-7-20/h4-5,10,12H,2-3,6-9,11H2,1H3,(H,21,25)(H,22,27)/t12-/m1/s1. The van der Waals surface area contributed by atoms with Gasteiger partial charge < -0.3 is 24.8 Å². The van der Waals surface area contributed by atoms with Crippen molar-refractivity contribution >= 4 is 29.5 Å². The van der Waals surface area contributed by atoms with Crippen LogP contribution in [-0.4, -0.2) is 60.1 Å². The molecule has 1 aromatic rings. The predicted molar refractivity (Wildman–Crippen MR) is 103 cm³/mol. The van der Waals surface area contributed by atoms with Gasteiger partial charge in [0, 0.05) is 11.8 Å². The highest BCUT2D eigenvalue weighted by atomic mass is 16.6. The third-order valence-electron chi connectivity index (χ3n) is 5.48. The van der Waals surface area contributed by atoms with E-state index in [0.717, 1.165) is 17.7 Å². The number of hydrogen-bond acceptors (Lipinski definition) is 7. The molecule has 4 rings (SSSR count). The molecule has 2 heterocycles. The Kier molecular flexibility index (Phi) is 5.23. The molecule has 1 atom stereocenters. The second-order valence-corrected chi connectivity index (χ2v) is 7.59. The quantitative estimate of drug-likeness (QED) is 0.545. The van der Waals surface area contributed by atoms with Gasteiger partial charge in [0.1, 0.15) is 25.3 Å². The monoisotopic (exact) mass is 417 g/mol. The van der Waals surface area contributed by atoms with Crippen molar-refractivity contribution in [1.82, 2.24) is 10.2 Å². The molecule has 4 amide bonds. The van der Waals surface area contributed by atoms with Gasteiger partial charge in [0.05, 0.1) is 0 Å². The molecule has 0 aromatic heterocycles. The van der Waals surface area contributed by atoms with Crippen molar-refractivity contribution in [2.75, 3.05) is 25.1 Å². The van der Waals surface area contributed by atoms with E-state index in [4.69, 9.17) is 14.2 Å². The number of carbonyl (C=O) groups is 4. The fraction of sp³-hybridized carbons (Fsp3) is 0.500. The zero-order valence-electron chi connectivity index (χ0n) is 16.6. The molecule has 3 aliphatic rings. The lowest BCUT2D eigenvalue weighted by Gasteiger charge is -2.20. The van der Waals surface area contributed by atoms with E-state index < -0.39 is 42.0 Å². The Morgan fingerprint density at radius 2 is 1.90 bits per heavy atom. The largest absolute Gasteiger partial charge is 0.486 e. The smallest absolute Gasteiger partial charge is 0.327 e. The lowest BCUT2D eigenvalue weighted by molar-refractivity contribution is -0.155. The Labute approximate surface area is 172 Å². The molecule has 10 nitrogen and oxygen atoms in total. The number of carbonyl (C=O) groups excluding carboxylic acids is 4. The van der Waals surface area contributed by atoms with E-state index in [2.05, 4.69) is 10.6 Å². The first-order chi connectivity index (χ1) is 14.4. The number of esters is 1. The van der Waals surface area contributed by atoms with Crippen LogP contribution in [-0.2, 0) is 19.1 Å². The average molecular weight is 417 g/mol. The fourth-order valence-corrected chi connectivity index (χ4v) is 3.92. The number of hydrogen-bond donors (Lipinski definition) is 2. The number of fused-ring (bicyclic) bond motifs is 1. The lowest BCUT2D eigenvalue weighted by atomic mass is 9.98. The van der Waals surface area contributed by atoms with Crippen LogP contribution in [0, 0.1) is 0 Å². The van der Waals surface area contributed by atoms with Crippen molar-refractivity contribution in [1.29, 1.82) is 0 Å². The summed E-state index contributed by atoms with van der Waals surface area (Å²) in [6.45, 7) is 1.76. The van der Waals surface area contributed by atoms with Crippen molar-refractivity contribution in [3.8, 4) is 11.5 Å². The molecule has 0 unspecified atom stereocenters. The molecule has 30 heavy (non-hydrogen) atoms. The zero-order chi connectivity index (χ0) is 21.3. The summed E-state index contributed by atoms with van der Waals surface area (Å²) in [5.74, 6) is -0.686. The van der Waals surface area contributed by atoms with Gasteiger partial charge in [-0.15, -0.1) is 0 Å². The highest BCUT2D eigenvalue weighted by Gasteiger charge is 2.52. The normalized spacial score (nSPS) is 20.1. The molecule has 10 heteroatoms. The third kappa shape index (κ3) is 3.77. The molecule has 0 bridgehead atoms. The highest BCUT2D eigenvalue weighted by molar-refractivity contribution is 6.09. The molecule has 1 aromatic carbocycles. The number of urea groups is 1. The second kappa shape index (κ2) is 7.85. The van der Waals surface area contributed by atoms with E-state index in [1.807, 2.05) is 0 Å². The second-order valence-electron chi connectivity index (χ2n) is 7.59. The van der Waals surface area contributed by atoms with Crippen molar-refractivity contribution < 1.29 is 33.4 Å². The van der Waals surface area contributed by atoms with Crippen LogP contribution in [0.1, 0.15) is 32.6 Å². The van der Waals surface area contributed by atoms with Gasteiger partial charge in [0.25, 0.3) is 11.8 Å². The Hall–Kier alpha value is -3.30. The predicted octanol–water partition coefficient (Wildman–Crippen LogP) is 1.19. The van der Waals surface area contributed by atoms with Gasteiger partial charge in [-0.1, -0.05) is 12.8 Å². The van der Waals surface area contributed by atoms with Crippen LogP contribution in [0.5, 0.6) is 11.5 Å². The number of benzene rings is 1. The molecule has 2 N–H and O–H groups in total. The molecule has 1 saturated heterocycles. The Morgan fingerprint density at radius 1 is 1.20 bits per heavy atom. The fourth-order valence-electron chi connectivity index (χ4n) is 3.92. The number of nitrogens with one attached hydrogen (secondary N) is 2. The zero-order valence-corrected chi connectivity index (χ0v) is 16.6. The van der Waals surface area contributed by atoms with Crippen molar-refractivity contribution in [3.05, 3.63) is 18.2 Å². The Morgan fingerprint density at radius 3 is 2.63 bits per heavy atom. The summed E-state index contributed by atoms with van der Waals surface area (Å²) in [6.07, 6.45) is 1.71. The molecule has 1 spiro atoms. The number of ether oxygens (including phenoxy) is 3. The van der Waals surface area contributed by atoms with Crippen molar-refractivity contribution in [2.24, 2.45) is 0 Å². The van der Waals surface area contributed by atoms with Crippen LogP contribution in [0.4, 0.5) is 10.5 Å². The van der Waals surface area contributed by atoms with Gasteiger partial charge in [-0.3, -0.25) is 19.3 Å². The molecule has 160 valence electrons. The molecule has 2 fully saturated rings. The van der Waals surface area contributed by atoms with E-state index in [0.29, 0.717) is 43.2 Å². The van der Waals surface area contributed by atoms with E-state index in [1.54, 1.807) is 18.2 Å². The third-order valence-corrected chi connectivity index (χ3v) is 5.48. The van der Waals surface area contributed by atoms with E-state index in [9.17, 15) is 19.2 Å². The maximum Gasteiger partial charge on any atom is 0.327 e. The van der Waals surface area contributed by atoms with E-state index in [-0.39, 0.29) is 0 Å². The van der Waals surface area contributed by atoms with Crippen LogP contribution in [0.3, 0.4) is 0 Å². The summed E-state index contributed by atoms with van der Waals surface area (Å²) in [5.41, 5.74) is -0.428. The molecule has 1 aliphatic carbocycles. The number of amides is 4. The molecular weight excluding hydrogens is 394 g/mol. The molecule has 1 saturated carbocycles. The first-order valence-electron chi connectivity index (χ1n) is 9.92. The maximum atomic E-state index is 12.6. The summed E-state index contributed by atoms with van der Waals surface area (Å²) in [7, 11) is 0. The minimum atomic E-state index is -1.12. The van der Waals surface area contributed by atoms with Gasteiger partial charge in [-0.05, 0) is 31.9 Å². The van der Waals surface area contributed by atoms with Gasteiger partial charge in [-0.25, -0.2) is 4.79 Å². The average Bonchev–Trinajstić information content (AvgIpc) is 3.28. The minimum absolute atomic E-state index is 0.407. The Bertz CT molecular complexity index is 894. The van der Waals surface area contributed by atoms with Gasteiger partial charge >= 0.3 is 12.0 Å². The summed E-state index contributed by atoms with van der Waals surface area (Å²) in [4.78, 5) is 50.2. The maximum absolute atomic E-state index is 12.6. The lowest BCUT2D eigenvalue weighted by Crippen LogP contribution is -2.44. The first-order valence-corrected chi connectivity index (χ1v) is 9.92. The van der Waals surface area contributed by atoms with Crippen LogP contribution < -0.4 is 20.1 Å². The van der Waals surface area contributed by atoms with Crippen molar-refractivity contribution in [3.63, 3.8) is 0 Å². The number of anilines is 1. The summed E-state index contributed by atoms with van der Waals surface area (Å²) >= 11 is 0. The topological polar surface area (TPSA) is 123 Å². The summed E-state index contributed by atoms with van der Waals surface area (Å²) in [6, 6.07) is 4.34. The van der Waals surface area contributed by atoms with E-state index in [1.165, 1.54) is 6.92 Å².